The fourth-order valence-corrected chi connectivity index (χ4v) is 4.44. The third-order valence-corrected chi connectivity index (χ3v) is 5.90. The minimum absolute atomic E-state index is 0.0260. The fourth-order valence-electron chi connectivity index (χ4n) is 1.88. The predicted octanol–water partition coefficient (Wildman–Crippen LogP) is 3.03. The van der Waals surface area contributed by atoms with Gasteiger partial charge in [-0.15, -0.1) is 21.5 Å². The lowest BCUT2D eigenvalue weighted by Gasteiger charge is -2.00. The minimum atomic E-state index is -0.0260. The molecule has 6 nitrogen and oxygen atoms in total. The predicted molar refractivity (Wildman–Crippen MR) is 92.3 cm³/mol. The van der Waals surface area contributed by atoms with Gasteiger partial charge in [-0.1, -0.05) is 30.0 Å². The number of thiazole rings is 1. The van der Waals surface area contributed by atoms with Crippen molar-refractivity contribution in [2.45, 2.75) is 30.4 Å². The molecule has 3 aromatic rings. The van der Waals surface area contributed by atoms with Crippen LogP contribution in [-0.4, -0.2) is 26.1 Å². The van der Waals surface area contributed by atoms with Crippen molar-refractivity contribution in [1.82, 2.24) is 19.6 Å². The Morgan fingerprint density at radius 3 is 3.09 bits per heavy atom. The zero-order chi connectivity index (χ0) is 15.5. The van der Waals surface area contributed by atoms with Crippen molar-refractivity contribution in [1.29, 1.82) is 0 Å². The lowest BCUT2D eigenvalue weighted by Crippen LogP contribution is -2.14. The summed E-state index contributed by atoms with van der Waals surface area (Å²) in [7, 11) is 0. The summed E-state index contributed by atoms with van der Waals surface area (Å²) in [5.41, 5.74) is 1.67. The average Bonchev–Trinajstić information content (AvgIpc) is 3.10. The first-order chi connectivity index (χ1) is 10.7. The maximum atomic E-state index is 12.1. The summed E-state index contributed by atoms with van der Waals surface area (Å²) in [6, 6.07) is 1.59. The van der Waals surface area contributed by atoms with Crippen LogP contribution in [0.3, 0.4) is 0 Å². The van der Waals surface area contributed by atoms with E-state index in [2.05, 4.69) is 27.4 Å². The van der Waals surface area contributed by atoms with E-state index < -0.39 is 0 Å². The second-order valence-corrected chi connectivity index (χ2v) is 7.71. The van der Waals surface area contributed by atoms with E-state index in [1.54, 1.807) is 22.2 Å². The van der Waals surface area contributed by atoms with Gasteiger partial charge in [0.05, 0.1) is 5.69 Å². The Morgan fingerprint density at radius 1 is 1.41 bits per heavy atom. The molecule has 9 heteroatoms. The molecule has 1 N–H and O–H groups in total. The number of fused-ring (bicyclic) bond motifs is 1. The molecule has 0 fully saturated rings. The number of thioether (sulfide) groups is 1. The molecule has 0 amide bonds. The zero-order valence-electron chi connectivity index (χ0n) is 12.2. The van der Waals surface area contributed by atoms with Crippen LogP contribution in [0.15, 0.2) is 20.6 Å². The first kappa shape index (κ1) is 15.4. The third-order valence-electron chi connectivity index (χ3n) is 2.90. The molecule has 3 aromatic heterocycles. The molecule has 0 aliphatic heterocycles. The van der Waals surface area contributed by atoms with Gasteiger partial charge in [0.1, 0.15) is 0 Å². The van der Waals surface area contributed by atoms with Gasteiger partial charge in [-0.3, -0.25) is 9.20 Å². The maximum absolute atomic E-state index is 12.1. The van der Waals surface area contributed by atoms with E-state index in [0.717, 1.165) is 38.8 Å². The highest BCUT2D eigenvalue weighted by Gasteiger charge is 2.09. The van der Waals surface area contributed by atoms with Gasteiger partial charge >= 0.3 is 0 Å². The van der Waals surface area contributed by atoms with Crippen molar-refractivity contribution in [3.63, 3.8) is 0 Å². The Morgan fingerprint density at radius 2 is 2.27 bits per heavy atom. The SMILES string of the molecule is CCCNc1nnc(SCc2cc(=O)n3c(C)csc3n2)s1. The van der Waals surface area contributed by atoms with Gasteiger partial charge in [-0.25, -0.2) is 4.98 Å². The summed E-state index contributed by atoms with van der Waals surface area (Å²) in [5.74, 6) is 0.616. The highest BCUT2D eigenvalue weighted by Crippen LogP contribution is 2.27. The largest absolute Gasteiger partial charge is 0.360 e. The van der Waals surface area contributed by atoms with Crippen molar-refractivity contribution >= 4 is 44.5 Å². The minimum Gasteiger partial charge on any atom is -0.360 e. The molecule has 0 aliphatic carbocycles. The van der Waals surface area contributed by atoms with Gasteiger partial charge in [0.2, 0.25) is 5.13 Å². The molecule has 0 radical (unpaired) electrons. The van der Waals surface area contributed by atoms with Gasteiger partial charge in [0, 0.05) is 29.4 Å². The Bertz CT molecular complexity index is 838. The van der Waals surface area contributed by atoms with Crippen LogP contribution in [0.5, 0.6) is 0 Å². The molecule has 0 saturated carbocycles. The normalized spacial score (nSPS) is 11.2. The van der Waals surface area contributed by atoms with Crippen molar-refractivity contribution in [2.75, 3.05) is 11.9 Å². The molecule has 3 heterocycles. The van der Waals surface area contributed by atoms with Crippen LogP contribution in [0.25, 0.3) is 4.96 Å². The summed E-state index contributed by atoms with van der Waals surface area (Å²) < 4.78 is 2.51. The van der Waals surface area contributed by atoms with Gasteiger partial charge in [0.15, 0.2) is 9.30 Å². The Kier molecular flexibility index (Phi) is 4.74. The third kappa shape index (κ3) is 3.31. The topological polar surface area (TPSA) is 72.2 Å². The first-order valence-corrected chi connectivity index (χ1v) is 9.52. The number of hydrogen-bond acceptors (Lipinski definition) is 8. The fraction of sp³-hybridized carbons (Fsp3) is 0.385. The van der Waals surface area contributed by atoms with Crippen LogP contribution in [0, 0.1) is 6.92 Å². The summed E-state index contributed by atoms with van der Waals surface area (Å²) in [5, 5.41) is 14.2. The average molecular weight is 353 g/mol. The number of nitrogens with one attached hydrogen (secondary N) is 1. The van der Waals surface area contributed by atoms with Crippen molar-refractivity contribution < 1.29 is 0 Å². The van der Waals surface area contributed by atoms with E-state index in [9.17, 15) is 4.79 Å². The van der Waals surface area contributed by atoms with E-state index in [-0.39, 0.29) is 5.56 Å². The van der Waals surface area contributed by atoms with Crippen LogP contribution in [-0.2, 0) is 5.75 Å². The Balaban J connectivity index is 1.71. The number of anilines is 1. The first-order valence-electron chi connectivity index (χ1n) is 6.84. The molecule has 0 bridgehead atoms. The molecule has 0 spiro atoms. The van der Waals surface area contributed by atoms with Crippen LogP contribution < -0.4 is 10.9 Å². The number of aromatic nitrogens is 4. The maximum Gasteiger partial charge on any atom is 0.258 e. The lowest BCUT2D eigenvalue weighted by atomic mass is 10.4. The zero-order valence-corrected chi connectivity index (χ0v) is 14.6. The molecule has 116 valence electrons. The monoisotopic (exact) mass is 353 g/mol. The molecule has 0 saturated heterocycles. The van der Waals surface area contributed by atoms with Crippen molar-refractivity contribution in [3.8, 4) is 0 Å². The molecule has 0 aliphatic rings. The standard InChI is InChI=1S/C13H15N5OS3/c1-3-4-14-11-16-17-13(22-11)21-7-9-5-10(19)18-8(2)6-20-12(18)15-9/h5-6H,3-4,7H2,1-2H3,(H,14,16). The summed E-state index contributed by atoms with van der Waals surface area (Å²) >= 11 is 4.56. The molecular weight excluding hydrogens is 338 g/mol. The highest BCUT2D eigenvalue weighted by atomic mass is 32.2. The van der Waals surface area contributed by atoms with E-state index >= 15 is 0 Å². The smallest absolute Gasteiger partial charge is 0.258 e. The molecule has 0 atom stereocenters. The molecular formula is C13H15N5OS3. The van der Waals surface area contributed by atoms with E-state index in [1.807, 2.05) is 12.3 Å². The van der Waals surface area contributed by atoms with E-state index in [0.29, 0.717) is 5.75 Å². The van der Waals surface area contributed by atoms with Crippen LogP contribution in [0.4, 0.5) is 5.13 Å². The van der Waals surface area contributed by atoms with E-state index in [4.69, 9.17) is 0 Å². The summed E-state index contributed by atoms with van der Waals surface area (Å²) in [6.07, 6.45) is 1.05. The second kappa shape index (κ2) is 6.76. The second-order valence-electron chi connectivity index (χ2n) is 4.67. The Labute approximate surface area is 139 Å². The van der Waals surface area contributed by atoms with Gasteiger partial charge in [-0.2, -0.15) is 0 Å². The van der Waals surface area contributed by atoms with Crippen LogP contribution in [0.1, 0.15) is 24.7 Å². The molecule has 0 aromatic carbocycles. The van der Waals surface area contributed by atoms with Crippen LogP contribution >= 0.6 is 34.4 Å². The van der Waals surface area contributed by atoms with Crippen molar-refractivity contribution in [2.24, 2.45) is 0 Å². The molecule has 0 unspecified atom stereocenters. The number of rotatable bonds is 6. The van der Waals surface area contributed by atoms with Crippen LogP contribution in [0.2, 0.25) is 0 Å². The number of hydrogen-bond donors (Lipinski definition) is 1. The van der Waals surface area contributed by atoms with Crippen molar-refractivity contribution in [3.05, 3.63) is 33.2 Å². The summed E-state index contributed by atoms with van der Waals surface area (Å²) in [4.78, 5) is 17.4. The molecule has 3 rings (SSSR count). The Hall–Kier alpha value is -1.45. The van der Waals surface area contributed by atoms with Gasteiger partial charge in [0.25, 0.3) is 5.56 Å². The highest BCUT2D eigenvalue weighted by molar-refractivity contribution is 8.00. The van der Waals surface area contributed by atoms with Gasteiger partial charge in [-0.05, 0) is 13.3 Å². The lowest BCUT2D eigenvalue weighted by molar-refractivity contribution is 0.951. The summed E-state index contributed by atoms with van der Waals surface area (Å²) in [6.45, 7) is 4.91. The number of nitrogens with zero attached hydrogens (tertiary/aromatic N) is 4. The quantitative estimate of drug-likeness (QED) is 0.687. The van der Waals surface area contributed by atoms with Gasteiger partial charge < -0.3 is 5.32 Å². The van der Waals surface area contributed by atoms with E-state index in [1.165, 1.54) is 22.7 Å². The molecule has 22 heavy (non-hydrogen) atoms. The number of aryl methyl sites for hydroxylation is 1.